The van der Waals surface area contributed by atoms with Crippen molar-refractivity contribution >= 4 is 102 Å². The molecule has 0 amide bonds. The van der Waals surface area contributed by atoms with Gasteiger partial charge in [-0.15, -0.1) is 11.3 Å². The van der Waals surface area contributed by atoms with E-state index in [0.29, 0.717) is 0 Å². The summed E-state index contributed by atoms with van der Waals surface area (Å²) in [4.78, 5) is 2.43. The number of rotatable bonds is 4. The summed E-state index contributed by atoms with van der Waals surface area (Å²) < 4.78 is 2.61. The average Bonchev–Trinajstić information content (AvgIpc) is 3.58. The predicted octanol–water partition coefficient (Wildman–Crippen LogP) is 15.0. The first-order valence-electron chi connectivity index (χ1n) is 17.8. The molecule has 0 fully saturated rings. The zero-order valence-corrected chi connectivity index (χ0v) is 29.1. The second kappa shape index (κ2) is 11.5. The van der Waals surface area contributed by atoms with Crippen molar-refractivity contribution in [2.45, 2.75) is 0 Å². The van der Waals surface area contributed by atoms with E-state index in [1.165, 1.54) is 85.2 Å². The Morgan fingerprint density at radius 2 is 0.808 bits per heavy atom. The maximum Gasteiger partial charge on any atom is 0.0476 e. The molecule has 0 bridgehead atoms. The summed E-state index contributed by atoms with van der Waals surface area (Å²) >= 11 is 1.86. The third-order valence-corrected chi connectivity index (χ3v) is 11.9. The highest BCUT2D eigenvalue weighted by molar-refractivity contribution is 7.25. The SMILES string of the molecule is c1ccc(-c2ccc3cc(N(c4ccc5c(ccc6ccc7ccc8ccccc8c7c65)c4)c4ccc5c(c4)sc4ccccc45)ccc3c2)cc1. The number of benzene rings is 10. The smallest absolute Gasteiger partial charge is 0.0476 e. The van der Waals surface area contributed by atoms with E-state index in [2.05, 4.69) is 193 Å². The molecule has 1 aromatic heterocycles. The molecule has 11 rings (SSSR count). The minimum atomic E-state index is 1.14. The molecule has 0 aliphatic heterocycles. The van der Waals surface area contributed by atoms with Gasteiger partial charge in [-0.2, -0.15) is 0 Å². The standard InChI is InChI=1S/C50H31NS/c1-2-8-32(9-3-1)36-19-20-38-29-40(23-22-37(38)28-36)51(42-25-27-46-45-12-6-7-13-47(45)52-48(46)31-42)41-24-26-44-39(30-41)21-18-35-17-16-34-15-14-33-10-4-5-11-43(33)49(34)50(35)44/h1-31H. The summed E-state index contributed by atoms with van der Waals surface area (Å²) in [5.74, 6) is 0. The van der Waals surface area contributed by atoms with Crippen LogP contribution in [0.4, 0.5) is 17.1 Å². The van der Waals surface area contributed by atoms with E-state index in [1.807, 2.05) is 11.3 Å². The van der Waals surface area contributed by atoms with Gasteiger partial charge in [0.15, 0.2) is 0 Å². The zero-order chi connectivity index (χ0) is 34.2. The van der Waals surface area contributed by atoms with Gasteiger partial charge >= 0.3 is 0 Å². The molecule has 1 heterocycles. The second-order valence-corrected chi connectivity index (χ2v) is 14.8. The molecule has 0 saturated heterocycles. The van der Waals surface area contributed by atoms with Gasteiger partial charge in [0.25, 0.3) is 0 Å². The Kier molecular flexibility index (Phi) is 6.49. The predicted molar refractivity (Wildman–Crippen MR) is 227 cm³/mol. The Balaban J connectivity index is 1.12. The summed E-state index contributed by atoms with van der Waals surface area (Å²) in [7, 11) is 0. The van der Waals surface area contributed by atoms with E-state index in [0.717, 1.165) is 17.1 Å². The second-order valence-electron chi connectivity index (χ2n) is 13.7. The molecule has 0 saturated carbocycles. The Labute approximate surface area is 305 Å². The molecule has 0 N–H and O–H groups in total. The maximum absolute atomic E-state index is 2.43. The van der Waals surface area contributed by atoms with Crippen molar-refractivity contribution in [3.8, 4) is 11.1 Å². The molecule has 0 radical (unpaired) electrons. The minimum absolute atomic E-state index is 1.14. The summed E-state index contributed by atoms with van der Waals surface area (Å²) in [6, 6.07) is 69.4. The van der Waals surface area contributed by atoms with Crippen molar-refractivity contribution < 1.29 is 0 Å². The topological polar surface area (TPSA) is 3.24 Å². The van der Waals surface area contributed by atoms with Crippen LogP contribution < -0.4 is 4.90 Å². The van der Waals surface area contributed by atoms with Crippen LogP contribution in [-0.4, -0.2) is 0 Å². The highest BCUT2D eigenvalue weighted by Gasteiger charge is 2.17. The first-order valence-corrected chi connectivity index (χ1v) is 18.6. The summed E-state index contributed by atoms with van der Waals surface area (Å²) in [5.41, 5.74) is 5.89. The lowest BCUT2D eigenvalue weighted by Gasteiger charge is -2.26. The van der Waals surface area contributed by atoms with Crippen molar-refractivity contribution in [1.29, 1.82) is 0 Å². The fourth-order valence-electron chi connectivity index (χ4n) is 8.26. The van der Waals surface area contributed by atoms with Crippen molar-refractivity contribution in [2.24, 2.45) is 0 Å². The van der Waals surface area contributed by atoms with Crippen LogP contribution >= 0.6 is 11.3 Å². The highest BCUT2D eigenvalue weighted by atomic mass is 32.1. The number of anilines is 3. The monoisotopic (exact) mass is 677 g/mol. The molecule has 11 aromatic rings. The van der Waals surface area contributed by atoms with Gasteiger partial charge in [-0.25, -0.2) is 0 Å². The van der Waals surface area contributed by atoms with Crippen molar-refractivity contribution in [1.82, 2.24) is 0 Å². The van der Waals surface area contributed by atoms with Crippen molar-refractivity contribution in [3.63, 3.8) is 0 Å². The average molecular weight is 678 g/mol. The van der Waals surface area contributed by atoms with E-state index in [1.54, 1.807) is 0 Å². The van der Waals surface area contributed by atoms with Crippen LogP contribution in [0, 0.1) is 0 Å². The van der Waals surface area contributed by atoms with E-state index < -0.39 is 0 Å². The molecule has 242 valence electrons. The molecular formula is C50H31NS. The Morgan fingerprint density at radius 1 is 0.288 bits per heavy atom. The van der Waals surface area contributed by atoms with Gasteiger partial charge < -0.3 is 4.90 Å². The van der Waals surface area contributed by atoms with Crippen molar-refractivity contribution in [3.05, 3.63) is 188 Å². The number of nitrogens with zero attached hydrogens (tertiary/aromatic N) is 1. The number of fused-ring (bicyclic) bond motifs is 11. The molecule has 0 atom stereocenters. The van der Waals surface area contributed by atoms with Gasteiger partial charge in [0.1, 0.15) is 0 Å². The van der Waals surface area contributed by atoms with Crippen molar-refractivity contribution in [2.75, 3.05) is 4.90 Å². The molecule has 0 aliphatic rings. The van der Waals surface area contributed by atoms with Crippen LogP contribution in [-0.2, 0) is 0 Å². The number of hydrogen-bond acceptors (Lipinski definition) is 2. The third kappa shape index (κ3) is 4.62. The van der Waals surface area contributed by atoms with Gasteiger partial charge in [0.05, 0.1) is 0 Å². The largest absolute Gasteiger partial charge is 0.310 e. The molecule has 2 heteroatoms. The van der Waals surface area contributed by atoms with Crippen LogP contribution in [0.3, 0.4) is 0 Å². The summed E-state index contributed by atoms with van der Waals surface area (Å²) in [5, 5.41) is 15.3. The van der Waals surface area contributed by atoms with Gasteiger partial charge in [-0.05, 0) is 114 Å². The summed E-state index contributed by atoms with van der Waals surface area (Å²) in [6.45, 7) is 0. The third-order valence-electron chi connectivity index (χ3n) is 10.8. The van der Waals surface area contributed by atoms with E-state index in [-0.39, 0.29) is 0 Å². The first kappa shape index (κ1) is 29.3. The highest BCUT2D eigenvalue weighted by Crippen LogP contribution is 2.43. The lowest BCUT2D eigenvalue weighted by Crippen LogP contribution is -2.09. The molecular weight excluding hydrogens is 647 g/mol. The fourth-order valence-corrected chi connectivity index (χ4v) is 9.40. The Hall–Kier alpha value is -6.48. The van der Waals surface area contributed by atoms with Crippen LogP contribution in [0.15, 0.2) is 188 Å². The number of thiophene rings is 1. The van der Waals surface area contributed by atoms with Gasteiger partial charge in [0.2, 0.25) is 0 Å². The Bertz CT molecular complexity index is 3190. The normalized spacial score (nSPS) is 11.8. The fraction of sp³-hybridized carbons (Fsp3) is 0. The van der Waals surface area contributed by atoms with Gasteiger partial charge in [-0.3, -0.25) is 0 Å². The molecule has 0 unspecified atom stereocenters. The van der Waals surface area contributed by atoms with Gasteiger partial charge in [-0.1, -0.05) is 140 Å². The van der Waals surface area contributed by atoms with Gasteiger partial charge in [0, 0.05) is 37.2 Å². The molecule has 1 nitrogen and oxygen atoms in total. The van der Waals surface area contributed by atoms with Crippen LogP contribution in [0.1, 0.15) is 0 Å². The molecule has 52 heavy (non-hydrogen) atoms. The van der Waals surface area contributed by atoms with Crippen LogP contribution in [0.5, 0.6) is 0 Å². The zero-order valence-electron chi connectivity index (χ0n) is 28.3. The summed E-state index contributed by atoms with van der Waals surface area (Å²) in [6.07, 6.45) is 0. The van der Waals surface area contributed by atoms with E-state index in [4.69, 9.17) is 0 Å². The first-order chi connectivity index (χ1) is 25.7. The lowest BCUT2D eigenvalue weighted by molar-refractivity contribution is 1.30. The van der Waals surface area contributed by atoms with E-state index >= 15 is 0 Å². The van der Waals surface area contributed by atoms with Crippen LogP contribution in [0.25, 0.3) is 85.2 Å². The number of hydrogen-bond donors (Lipinski definition) is 0. The molecule has 0 aliphatic carbocycles. The lowest BCUT2D eigenvalue weighted by atomic mass is 9.93. The quantitative estimate of drug-likeness (QED) is 0.168. The van der Waals surface area contributed by atoms with Crippen LogP contribution in [0.2, 0.25) is 0 Å². The maximum atomic E-state index is 2.43. The molecule has 10 aromatic carbocycles. The minimum Gasteiger partial charge on any atom is -0.310 e. The van der Waals surface area contributed by atoms with E-state index in [9.17, 15) is 0 Å². The molecule has 0 spiro atoms. The Morgan fingerprint density at radius 3 is 1.62 bits per heavy atom.